The summed E-state index contributed by atoms with van der Waals surface area (Å²) in [6.07, 6.45) is 5.99. The molecule has 0 saturated heterocycles. The molecule has 5 nitrogen and oxygen atoms in total. The molecule has 0 bridgehead atoms. The number of carbonyl (C=O) groups is 1. The maximum Gasteiger partial charge on any atom is 0.244 e. The van der Waals surface area contributed by atoms with Crippen molar-refractivity contribution < 1.29 is 4.79 Å². The van der Waals surface area contributed by atoms with Crippen LogP contribution in [-0.2, 0) is 11.3 Å². The summed E-state index contributed by atoms with van der Waals surface area (Å²) in [6.45, 7) is 2.39. The van der Waals surface area contributed by atoms with E-state index in [1.165, 1.54) is 25.5 Å². The van der Waals surface area contributed by atoms with Gasteiger partial charge in [-0.25, -0.2) is 0 Å². The van der Waals surface area contributed by atoms with Gasteiger partial charge in [0.15, 0.2) is 0 Å². The van der Waals surface area contributed by atoms with Gasteiger partial charge >= 0.3 is 0 Å². The van der Waals surface area contributed by atoms with Crippen molar-refractivity contribution in [2.75, 3.05) is 7.05 Å². The predicted octanol–water partition coefficient (Wildman–Crippen LogP) is 2.43. The molecule has 3 rings (SSSR count). The number of hydrogen-bond donors (Lipinski definition) is 0. The zero-order chi connectivity index (χ0) is 16.4. The lowest BCUT2D eigenvalue weighted by Gasteiger charge is -2.36. The standard InChI is InChI=1S/C18H23N3O2/c1-13-7-3-5-9-15(13)20(2)18(23)12-21-16-10-6-4-8-14(16)17(22)11-19-21/h4,6,8,10-11,13,15H,3,5,7,9,12H2,1-2H3. The average Bonchev–Trinajstić information content (AvgIpc) is 2.57. The Labute approximate surface area is 135 Å². The molecular weight excluding hydrogens is 290 g/mol. The molecule has 1 heterocycles. The minimum Gasteiger partial charge on any atom is -0.341 e. The second-order valence-electron chi connectivity index (χ2n) is 6.52. The first-order valence-electron chi connectivity index (χ1n) is 8.28. The van der Waals surface area contributed by atoms with E-state index in [-0.39, 0.29) is 17.9 Å². The molecule has 0 aliphatic heterocycles. The van der Waals surface area contributed by atoms with Gasteiger partial charge in [-0.1, -0.05) is 31.9 Å². The highest BCUT2D eigenvalue weighted by atomic mass is 16.2. The summed E-state index contributed by atoms with van der Waals surface area (Å²) < 4.78 is 1.63. The van der Waals surface area contributed by atoms with Crippen molar-refractivity contribution in [3.05, 3.63) is 40.7 Å². The van der Waals surface area contributed by atoms with Crippen LogP contribution in [0.2, 0.25) is 0 Å². The highest BCUT2D eigenvalue weighted by molar-refractivity contribution is 5.81. The summed E-state index contributed by atoms with van der Waals surface area (Å²) in [5.74, 6) is 0.585. The fraction of sp³-hybridized carbons (Fsp3) is 0.500. The molecule has 1 amide bonds. The minimum atomic E-state index is -0.112. The van der Waals surface area contributed by atoms with E-state index in [4.69, 9.17) is 0 Å². The molecule has 2 unspecified atom stereocenters. The molecule has 0 N–H and O–H groups in total. The van der Waals surface area contributed by atoms with Crippen LogP contribution in [0.15, 0.2) is 35.3 Å². The van der Waals surface area contributed by atoms with Crippen LogP contribution in [0.3, 0.4) is 0 Å². The fourth-order valence-corrected chi connectivity index (χ4v) is 3.58. The summed E-state index contributed by atoms with van der Waals surface area (Å²) in [5.41, 5.74) is 0.594. The zero-order valence-electron chi connectivity index (χ0n) is 13.7. The molecule has 2 aromatic rings. The van der Waals surface area contributed by atoms with Gasteiger partial charge in [0.1, 0.15) is 6.54 Å². The van der Waals surface area contributed by atoms with Crippen LogP contribution >= 0.6 is 0 Å². The second kappa shape index (κ2) is 6.52. The molecular formula is C18H23N3O2. The number of amides is 1. The molecule has 0 spiro atoms. The minimum absolute atomic E-state index is 0.0463. The normalized spacial score (nSPS) is 21.3. The third-order valence-electron chi connectivity index (χ3n) is 5.00. The highest BCUT2D eigenvalue weighted by Gasteiger charge is 2.28. The van der Waals surface area contributed by atoms with Crippen molar-refractivity contribution >= 4 is 16.8 Å². The summed E-state index contributed by atoms with van der Waals surface area (Å²) >= 11 is 0. The molecule has 1 fully saturated rings. The number of fused-ring (bicyclic) bond motifs is 1. The molecule has 5 heteroatoms. The van der Waals surface area contributed by atoms with Crippen molar-refractivity contribution in [1.82, 2.24) is 14.7 Å². The molecule has 1 aliphatic carbocycles. The quantitative estimate of drug-likeness (QED) is 0.874. The Balaban J connectivity index is 1.83. The molecule has 1 aliphatic rings. The van der Waals surface area contributed by atoms with Crippen molar-refractivity contribution in [3.63, 3.8) is 0 Å². The number of likely N-dealkylation sites (N-methyl/N-ethyl adjacent to an activating group) is 1. The summed E-state index contributed by atoms with van der Waals surface area (Å²) in [4.78, 5) is 26.4. The number of rotatable bonds is 3. The van der Waals surface area contributed by atoms with Gasteiger partial charge in [-0.15, -0.1) is 0 Å². The van der Waals surface area contributed by atoms with Gasteiger partial charge < -0.3 is 4.90 Å². The zero-order valence-corrected chi connectivity index (χ0v) is 13.7. The van der Waals surface area contributed by atoms with Crippen molar-refractivity contribution in [2.24, 2.45) is 5.92 Å². The van der Waals surface area contributed by atoms with Gasteiger partial charge in [-0.2, -0.15) is 5.10 Å². The van der Waals surface area contributed by atoms with Crippen LogP contribution in [0.4, 0.5) is 0 Å². The van der Waals surface area contributed by atoms with Crippen LogP contribution in [0, 0.1) is 5.92 Å². The highest BCUT2D eigenvalue weighted by Crippen LogP contribution is 2.27. The van der Waals surface area contributed by atoms with Crippen LogP contribution < -0.4 is 5.43 Å². The maximum absolute atomic E-state index is 12.7. The van der Waals surface area contributed by atoms with Crippen LogP contribution in [0.1, 0.15) is 32.6 Å². The maximum atomic E-state index is 12.7. The second-order valence-corrected chi connectivity index (χ2v) is 6.52. The average molecular weight is 313 g/mol. The van der Waals surface area contributed by atoms with Gasteiger partial charge in [0.2, 0.25) is 11.3 Å². The number of hydrogen-bond acceptors (Lipinski definition) is 3. The molecule has 0 radical (unpaired) electrons. The van der Waals surface area contributed by atoms with Crippen molar-refractivity contribution in [1.29, 1.82) is 0 Å². The first-order valence-corrected chi connectivity index (χ1v) is 8.28. The van der Waals surface area contributed by atoms with Crippen LogP contribution in [-0.4, -0.2) is 33.7 Å². The Morgan fingerprint density at radius 1 is 1.30 bits per heavy atom. The van der Waals surface area contributed by atoms with Gasteiger partial charge in [0, 0.05) is 18.5 Å². The lowest BCUT2D eigenvalue weighted by Crippen LogP contribution is -2.44. The van der Waals surface area contributed by atoms with Crippen molar-refractivity contribution in [3.8, 4) is 0 Å². The number of aromatic nitrogens is 2. The smallest absolute Gasteiger partial charge is 0.244 e. The monoisotopic (exact) mass is 313 g/mol. The van der Waals surface area contributed by atoms with Crippen LogP contribution in [0.5, 0.6) is 0 Å². The third kappa shape index (κ3) is 3.14. The Kier molecular flexibility index (Phi) is 4.46. The van der Waals surface area contributed by atoms with E-state index in [0.29, 0.717) is 22.9 Å². The van der Waals surface area contributed by atoms with E-state index < -0.39 is 0 Å². The summed E-state index contributed by atoms with van der Waals surface area (Å²) in [6, 6.07) is 7.60. The lowest BCUT2D eigenvalue weighted by atomic mass is 9.85. The number of benzene rings is 1. The topological polar surface area (TPSA) is 55.2 Å². The molecule has 122 valence electrons. The fourth-order valence-electron chi connectivity index (χ4n) is 3.58. The van der Waals surface area contributed by atoms with Crippen molar-refractivity contribution in [2.45, 2.75) is 45.2 Å². The summed E-state index contributed by atoms with van der Waals surface area (Å²) in [5, 5.41) is 4.75. The molecule has 1 aromatic carbocycles. The molecule has 1 saturated carbocycles. The summed E-state index contributed by atoms with van der Waals surface area (Å²) in [7, 11) is 1.89. The first-order chi connectivity index (χ1) is 11.1. The van der Waals surface area contributed by atoms with E-state index in [1.54, 1.807) is 10.7 Å². The van der Waals surface area contributed by atoms with E-state index in [2.05, 4.69) is 12.0 Å². The lowest BCUT2D eigenvalue weighted by molar-refractivity contribution is -0.134. The Hall–Kier alpha value is -2.17. The van der Waals surface area contributed by atoms with Gasteiger partial charge in [0.25, 0.3) is 0 Å². The van der Waals surface area contributed by atoms with E-state index in [0.717, 1.165) is 6.42 Å². The number of carbonyl (C=O) groups excluding carboxylic acids is 1. The van der Waals surface area contributed by atoms with Crippen LogP contribution in [0.25, 0.3) is 10.9 Å². The third-order valence-corrected chi connectivity index (χ3v) is 5.00. The predicted molar refractivity (Wildman–Crippen MR) is 90.2 cm³/mol. The van der Waals surface area contributed by atoms with E-state index in [1.807, 2.05) is 30.1 Å². The SMILES string of the molecule is CC1CCCCC1N(C)C(=O)Cn1ncc(=O)c2ccccc21. The largest absolute Gasteiger partial charge is 0.341 e. The molecule has 1 aromatic heterocycles. The van der Waals surface area contributed by atoms with E-state index in [9.17, 15) is 9.59 Å². The Bertz CT molecular complexity index is 768. The number of para-hydroxylation sites is 1. The molecule has 2 atom stereocenters. The van der Waals surface area contributed by atoms with Gasteiger partial charge in [-0.05, 0) is 30.9 Å². The number of nitrogens with zero attached hydrogens (tertiary/aromatic N) is 3. The Morgan fingerprint density at radius 2 is 2.04 bits per heavy atom. The Morgan fingerprint density at radius 3 is 2.83 bits per heavy atom. The molecule has 23 heavy (non-hydrogen) atoms. The van der Waals surface area contributed by atoms with Gasteiger partial charge in [0.05, 0.1) is 11.7 Å². The van der Waals surface area contributed by atoms with Gasteiger partial charge in [-0.3, -0.25) is 14.3 Å². The van der Waals surface area contributed by atoms with E-state index >= 15 is 0 Å². The first kappa shape index (κ1) is 15.7.